The van der Waals surface area contributed by atoms with Crippen LogP contribution in [0.1, 0.15) is 16.7 Å². The normalized spacial score (nSPS) is 13.3. The fraction of sp³-hybridized carbons (Fsp3) is 0.241. The number of carboxylic acid groups (broad SMARTS) is 1. The molecule has 1 aromatic heterocycles. The second kappa shape index (κ2) is 11.4. The number of morpholine rings is 1. The number of hydrogen-bond acceptors (Lipinski definition) is 6. The molecule has 0 atom stereocenters. The molecule has 2 heterocycles. The van der Waals surface area contributed by atoms with Crippen LogP contribution in [0.3, 0.4) is 0 Å². The molecular formula is C29H26FN3O3S. The van der Waals surface area contributed by atoms with Crippen molar-refractivity contribution in [3.8, 4) is 11.8 Å². The van der Waals surface area contributed by atoms with Crippen LogP contribution in [0.2, 0.25) is 0 Å². The molecule has 0 radical (unpaired) electrons. The molecule has 1 aliphatic heterocycles. The van der Waals surface area contributed by atoms with Gasteiger partial charge >= 0.3 is 5.97 Å². The average Bonchev–Trinajstić information content (AvgIpc) is 3.37. The molecular weight excluding hydrogens is 489 g/mol. The van der Waals surface area contributed by atoms with Gasteiger partial charge in [-0.05, 0) is 53.9 Å². The van der Waals surface area contributed by atoms with E-state index in [0.29, 0.717) is 28.9 Å². The topological polar surface area (TPSA) is 65.9 Å². The molecule has 0 amide bonds. The molecule has 4 aromatic rings. The van der Waals surface area contributed by atoms with Crippen LogP contribution in [0, 0.1) is 17.7 Å². The zero-order chi connectivity index (χ0) is 25.6. The maximum absolute atomic E-state index is 14.4. The van der Waals surface area contributed by atoms with Crippen molar-refractivity contribution in [2.45, 2.75) is 13.0 Å². The van der Waals surface area contributed by atoms with Gasteiger partial charge in [-0.25, -0.2) is 14.2 Å². The number of carbonyl (C=O) groups is 1. The quantitative estimate of drug-likeness (QED) is 0.351. The van der Waals surface area contributed by atoms with Gasteiger partial charge in [-0.15, -0.1) is 0 Å². The summed E-state index contributed by atoms with van der Waals surface area (Å²) in [6, 6.07) is 21.1. The molecule has 1 N–H and O–H groups in total. The molecule has 0 unspecified atom stereocenters. The fourth-order valence-corrected chi connectivity index (χ4v) is 5.28. The van der Waals surface area contributed by atoms with Gasteiger partial charge < -0.3 is 19.6 Å². The number of benzene rings is 3. The molecule has 3 aromatic carbocycles. The van der Waals surface area contributed by atoms with Gasteiger partial charge in [0.05, 0.1) is 23.4 Å². The van der Waals surface area contributed by atoms with E-state index in [1.807, 2.05) is 30.3 Å². The monoisotopic (exact) mass is 515 g/mol. The molecule has 8 heteroatoms. The second-order valence-corrected chi connectivity index (χ2v) is 9.75. The fourth-order valence-electron chi connectivity index (χ4n) is 4.28. The van der Waals surface area contributed by atoms with E-state index in [0.717, 1.165) is 43.4 Å². The number of aromatic nitrogens is 1. The van der Waals surface area contributed by atoms with Gasteiger partial charge in [0.25, 0.3) is 0 Å². The highest BCUT2D eigenvalue weighted by Crippen LogP contribution is 2.32. The summed E-state index contributed by atoms with van der Waals surface area (Å²) < 4.78 is 20.4. The van der Waals surface area contributed by atoms with Crippen LogP contribution in [0.15, 0.2) is 66.7 Å². The maximum Gasteiger partial charge on any atom is 0.382 e. The van der Waals surface area contributed by atoms with Gasteiger partial charge in [-0.2, -0.15) is 0 Å². The summed E-state index contributed by atoms with van der Waals surface area (Å²) in [5.41, 5.74) is 4.74. The van der Waals surface area contributed by atoms with E-state index >= 15 is 0 Å². The number of anilines is 2. The van der Waals surface area contributed by atoms with E-state index in [9.17, 15) is 9.18 Å². The molecule has 1 saturated heterocycles. The van der Waals surface area contributed by atoms with Crippen molar-refractivity contribution in [2.24, 2.45) is 0 Å². The first-order valence-corrected chi connectivity index (χ1v) is 12.9. The number of thiazole rings is 1. The second-order valence-electron chi connectivity index (χ2n) is 8.77. The largest absolute Gasteiger partial charge is 0.472 e. The van der Waals surface area contributed by atoms with E-state index < -0.39 is 5.97 Å². The Bertz CT molecular complexity index is 1440. The third-order valence-corrected chi connectivity index (χ3v) is 7.39. The van der Waals surface area contributed by atoms with Gasteiger partial charge in [0.1, 0.15) is 5.82 Å². The number of ether oxygens (including phenoxy) is 1. The van der Waals surface area contributed by atoms with Crippen molar-refractivity contribution in [3.63, 3.8) is 0 Å². The number of rotatable bonds is 7. The summed E-state index contributed by atoms with van der Waals surface area (Å²) in [5.74, 6) is 3.35. The first-order chi connectivity index (χ1) is 18.0. The van der Waals surface area contributed by atoms with Crippen molar-refractivity contribution in [3.05, 3.63) is 89.2 Å². The Morgan fingerprint density at radius 2 is 1.78 bits per heavy atom. The Labute approximate surface area is 218 Å². The third kappa shape index (κ3) is 6.26. The van der Waals surface area contributed by atoms with Crippen LogP contribution < -0.4 is 9.80 Å². The summed E-state index contributed by atoms with van der Waals surface area (Å²) in [6.07, 6.45) is 0.809. The van der Waals surface area contributed by atoms with Crippen LogP contribution in [-0.2, 0) is 22.5 Å². The lowest BCUT2D eigenvalue weighted by molar-refractivity contribution is -0.130. The number of halogens is 1. The summed E-state index contributed by atoms with van der Waals surface area (Å²) in [6.45, 7) is 4.61. The van der Waals surface area contributed by atoms with E-state index in [2.05, 4.69) is 45.9 Å². The number of aliphatic carboxylic acids is 1. The molecule has 6 nitrogen and oxygen atoms in total. The van der Waals surface area contributed by atoms with Crippen molar-refractivity contribution in [1.82, 2.24) is 4.98 Å². The number of carboxylic acids is 1. The van der Waals surface area contributed by atoms with Crippen LogP contribution in [0.25, 0.3) is 10.2 Å². The summed E-state index contributed by atoms with van der Waals surface area (Å²) in [4.78, 5) is 19.9. The van der Waals surface area contributed by atoms with Gasteiger partial charge in [0.2, 0.25) is 0 Å². The Balaban J connectivity index is 1.34. The molecule has 37 heavy (non-hydrogen) atoms. The first kappa shape index (κ1) is 24.8. The van der Waals surface area contributed by atoms with Crippen molar-refractivity contribution in [2.75, 3.05) is 42.6 Å². The molecule has 0 spiro atoms. The predicted molar refractivity (Wildman–Crippen MR) is 145 cm³/mol. The van der Waals surface area contributed by atoms with Gasteiger partial charge in [0.15, 0.2) is 5.13 Å². The average molecular weight is 516 g/mol. The zero-order valence-electron chi connectivity index (χ0n) is 20.2. The lowest BCUT2D eigenvalue weighted by Crippen LogP contribution is -2.36. The lowest BCUT2D eigenvalue weighted by Gasteiger charge is -2.29. The van der Waals surface area contributed by atoms with Gasteiger partial charge in [-0.1, -0.05) is 47.6 Å². The molecule has 0 saturated carbocycles. The molecule has 0 bridgehead atoms. The Morgan fingerprint density at radius 3 is 2.49 bits per heavy atom. The molecule has 1 aliphatic rings. The van der Waals surface area contributed by atoms with E-state index in [4.69, 9.17) is 14.8 Å². The van der Waals surface area contributed by atoms with Gasteiger partial charge in [0, 0.05) is 43.4 Å². The molecule has 0 aliphatic carbocycles. The Morgan fingerprint density at radius 1 is 1.05 bits per heavy atom. The standard InChI is InChI=1S/C29H26FN3O3S/c30-25-2-1-3-26-28(25)37-29(31-26)33(20-23-6-4-21(5-7-23)10-13-27(34)35)15-14-22-8-11-24(12-9-22)32-16-18-36-19-17-32/h1-9,11-12H,14-20H2,(H,34,35). The highest BCUT2D eigenvalue weighted by Gasteiger charge is 2.16. The highest BCUT2D eigenvalue weighted by atomic mass is 32.1. The minimum atomic E-state index is -1.16. The summed E-state index contributed by atoms with van der Waals surface area (Å²) >= 11 is 1.36. The smallest absolute Gasteiger partial charge is 0.382 e. The predicted octanol–water partition coefficient (Wildman–Crippen LogP) is 4.96. The number of fused-ring (bicyclic) bond motifs is 1. The molecule has 5 rings (SSSR count). The Hall–Kier alpha value is -3.93. The van der Waals surface area contributed by atoms with E-state index in [1.54, 1.807) is 6.07 Å². The van der Waals surface area contributed by atoms with Crippen molar-refractivity contribution in [1.29, 1.82) is 0 Å². The summed E-state index contributed by atoms with van der Waals surface area (Å²) in [7, 11) is 0. The minimum Gasteiger partial charge on any atom is -0.472 e. The first-order valence-electron chi connectivity index (χ1n) is 12.1. The highest BCUT2D eigenvalue weighted by molar-refractivity contribution is 7.22. The zero-order valence-corrected chi connectivity index (χ0v) is 21.0. The van der Waals surface area contributed by atoms with E-state index in [1.165, 1.54) is 28.7 Å². The lowest BCUT2D eigenvalue weighted by atomic mass is 10.1. The Kier molecular flexibility index (Phi) is 7.64. The van der Waals surface area contributed by atoms with Crippen molar-refractivity contribution < 1.29 is 19.0 Å². The molecule has 1 fully saturated rings. The van der Waals surface area contributed by atoms with Crippen LogP contribution in [0.5, 0.6) is 0 Å². The van der Waals surface area contributed by atoms with E-state index in [-0.39, 0.29) is 5.82 Å². The van der Waals surface area contributed by atoms with Crippen molar-refractivity contribution >= 4 is 38.3 Å². The van der Waals surface area contributed by atoms with Crippen LogP contribution in [0.4, 0.5) is 15.2 Å². The number of nitrogens with zero attached hydrogens (tertiary/aromatic N) is 3. The maximum atomic E-state index is 14.4. The molecule has 188 valence electrons. The third-order valence-electron chi connectivity index (χ3n) is 6.25. The SMILES string of the molecule is O=C(O)C#Cc1ccc(CN(CCc2ccc(N3CCOCC3)cc2)c2nc3cccc(F)c3s2)cc1. The summed E-state index contributed by atoms with van der Waals surface area (Å²) in [5, 5.41) is 9.53. The minimum absolute atomic E-state index is 0.263. The van der Waals surface area contributed by atoms with Crippen LogP contribution in [-0.4, -0.2) is 48.9 Å². The number of hydrogen-bond donors (Lipinski definition) is 1. The van der Waals surface area contributed by atoms with Crippen LogP contribution >= 0.6 is 11.3 Å². The van der Waals surface area contributed by atoms with Gasteiger partial charge in [-0.3, -0.25) is 0 Å².